The lowest BCUT2D eigenvalue weighted by Crippen LogP contribution is -2.36. The summed E-state index contributed by atoms with van der Waals surface area (Å²) in [5.41, 5.74) is -1.09. The molecule has 0 aliphatic heterocycles. The SMILES string of the molecule is O=C(Cn1ccc(=O)[nH]c1=O)NCCc1ncc[nH]1. The van der Waals surface area contributed by atoms with Crippen LogP contribution in [0.3, 0.4) is 0 Å². The average molecular weight is 263 g/mol. The van der Waals surface area contributed by atoms with Gasteiger partial charge in [0.05, 0.1) is 0 Å². The molecule has 0 aliphatic carbocycles. The molecule has 0 saturated heterocycles. The number of nitrogens with one attached hydrogen (secondary N) is 3. The topological polar surface area (TPSA) is 113 Å². The zero-order valence-corrected chi connectivity index (χ0v) is 10.0. The second kappa shape index (κ2) is 5.80. The summed E-state index contributed by atoms with van der Waals surface area (Å²) in [5.74, 6) is 0.474. The summed E-state index contributed by atoms with van der Waals surface area (Å²) in [4.78, 5) is 42.8. The van der Waals surface area contributed by atoms with Crippen LogP contribution in [0.2, 0.25) is 0 Å². The van der Waals surface area contributed by atoms with Crippen LogP contribution in [0.25, 0.3) is 0 Å². The number of carbonyl (C=O) groups is 1. The molecule has 2 aromatic heterocycles. The van der Waals surface area contributed by atoms with Crippen molar-refractivity contribution in [1.29, 1.82) is 0 Å². The van der Waals surface area contributed by atoms with E-state index < -0.39 is 11.2 Å². The van der Waals surface area contributed by atoms with E-state index in [1.165, 1.54) is 12.3 Å². The monoisotopic (exact) mass is 263 g/mol. The zero-order valence-electron chi connectivity index (χ0n) is 10.0. The fraction of sp³-hybridized carbons (Fsp3) is 0.273. The molecule has 0 aromatic carbocycles. The molecule has 0 aliphatic rings. The van der Waals surface area contributed by atoms with Crippen molar-refractivity contribution in [3.05, 3.63) is 51.3 Å². The van der Waals surface area contributed by atoms with Crippen molar-refractivity contribution >= 4 is 5.91 Å². The maximum absolute atomic E-state index is 11.6. The molecule has 3 N–H and O–H groups in total. The Kier molecular flexibility index (Phi) is 3.91. The summed E-state index contributed by atoms with van der Waals surface area (Å²) in [6, 6.07) is 1.19. The van der Waals surface area contributed by atoms with Gasteiger partial charge in [-0.2, -0.15) is 0 Å². The van der Waals surface area contributed by atoms with Gasteiger partial charge in [-0.25, -0.2) is 9.78 Å². The van der Waals surface area contributed by atoms with Gasteiger partial charge < -0.3 is 10.3 Å². The first-order chi connectivity index (χ1) is 9.15. The predicted octanol–water partition coefficient (Wildman–Crippen LogP) is -1.38. The molecule has 8 nitrogen and oxygen atoms in total. The van der Waals surface area contributed by atoms with Crippen molar-refractivity contribution in [2.24, 2.45) is 0 Å². The zero-order chi connectivity index (χ0) is 13.7. The predicted molar refractivity (Wildman–Crippen MR) is 66.6 cm³/mol. The van der Waals surface area contributed by atoms with Crippen molar-refractivity contribution in [1.82, 2.24) is 24.8 Å². The second-order valence-electron chi connectivity index (χ2n) is 3.87. The number of H-pyrrole nitrogens is 2. The number of rotatable bonds is 5. The third-order valence-electron chi connectivity index (χ3n) is 2.45. The van der Waals surface area contributed by atoms with Crippen LogP contribution in [-0.2, 0) is 17.8 Å². The molecular formula is C11H13N5O3. The smallest absolute Gasteiger partial charge is 0.328 e. The summed E-state index contributed by atoms with van der Waals surface area (Å²) >= 11 is 0. The maximum Gasteiger partial charge on any atom is 0.328 e. The molecule has 8 heteroatoms. The standard InChI is InChI=1S/C11H13N5O3/c17-9-2-6-16(11(19)15-9)7-10(18)14-3-1-8-12-4-5-13-8/h2,4-6H,1,3,7H2,(H,12,13)(H,14,18)(H,15,17,19). The Labute approximate surface area is 107 Å². The summed E-state index contributed by atoms with van der Waals surface area (Å²) in [6.07, 6.45) is 5.21. The minimum absolute atomic E-state index is 0.131. The number of nitrogens with zero attached hydrogens (tertiary/aromatic N) is 2. The van der Waals surface area contributed by atoms with E-state index in [1.807, 2.05) is 0 Å². The number of hydrogen-bond acceptors (Lipinski definition) is 4. The van der Waals surface area contributed by atoms with E-state index in [2.05, 4.69) is 20.3 Å². The Morgan fingerprint density at radius 3 is 2.95 bits per heavy atom. The molecule has 0 atom stereocenters. The average Bonchev–Trinajstić information content (AvgIpc) is 2.86. The highest BCUT2D eigenvalue weighted by molar-refractivity contribution is 5.75. The normalized spacial score (nSPS) is 10.3. The summed E-state index contributed by atoms with van der Waals surface area (Å²) in [5, 5.41) is 2.66. The van der Waals surface area contributed by atoms with Gasteiger partial charge in [0.15, 0.2) is 0 Å². The van der Waals surface area contributed by atoms with E-state index in [0.717, 1.165) is 10.4 Å². The Balaban J connectivity index is 1.84. The highest BCUT2D eigenvalue weighted by atomic mass is 16.2. The van der Waals surface area contributed by atoms with E-state index in [-0.39, 0.29) is 12.5 Å². The fourth-order valence-corrected chi connectivity index (χ4v) is 1.53. The quantitative estimate of drug-likeness (QED) is 0.617. The summed E-state index contributed by atoms with van der Waals surface area (Å²) in [6.45, 7) is 0.290. The Bertz CT molecular complexity index is 655. The molecule has 100 valence electrons. The van der Waals surface area contributed by atoms with Crippen LogP contribution in [0, 0.1) is 0 Å². The number of aromatic amines is 2. The minimum Gasteiger partial charge on any atom is -0.354 e. The van der Waals surface area contributed by atoms with Gasteiger partial charge in [-0.05, 0) is 0 Å². The van der Waals surface area contributed by atoms with E-state index >= 15 is 0 Å². The number of amides is 1. The van der Waals surface area contributed by atoms with Gasteiger partial charge in [0.1, 0.15) is 12.4 Å². The minimum atomic E-state index is -0.603. The first kappa shape index (κ1) is 12.8. The van der Waals surface area contributed by atoms with Crippen molar-refractivity contribution in [2.75, 3.05) is 6.54 Å². The third-order valence-corrected chi connectivity index (χ3v) is 2.45. The lowest BCUT2D eigenvalue weighted by molar-refractivity contribution is -0.121. The molecule has 2 heterocycles. The van der Waals surface area contributed by atoms with Crippen LogP contribution in [0.1, 0.15) is 5.82 Å². The highest BCUT2D eigenvalue weighted by Gasteiger charge is 2.04. The van der Waals surface area contributed by atoms with Crippen LogP contribution >= 0.6 is 0 Å². The lowest BCUT2D eigenvalue weighted by Gasteiger charge is -2.05. The van der Waals surface area contributed by atoms with E-state index in [4.69, 9.17) is 0 Å². The van der Waals surface area contributed by atoms with Crippen LogP contribution in [-0.4, -0.2) is 32.0 Å². The van der Waals surface area contributed by atoms with Gasteiger partial charge in [0.2, 0.25) is 5.91 Å². The van der Waals surface area contributed by atoms with E-state index in [0.29, 0.717) is 13.0 Å². The molecule has 19 heavy (non-hydrogen) atoms. The molecule has 2 rings (SSSR count). The van der Waals surface area contributed by atoms with Crippen LogP contribution in [0.5, 0.6) is 0 Å². The van der Waals surface area contributed by atoms with Gasteiger partial charge in [-0.1, -0.05) is 0 Å². The number of aromatic nitrogens is 4. The molecular weight excluding hydrogens is 250 g/mol. The van der Waals surface area contributed by atoms with Gasteiger partial charge >= 0.3 is 5.69 Å². The first-order valence-electron chi connectivity index (χ1n) is 5.70. The Hall–Kier alpha value is -2.64. The van der Waals surface area contributed by atoms with Crippen LogP contribution in [0.15, 0.2) is 34.2 Å². The lowest BCUT2D eigenvalue weighted by atomic mass is 10.4. The first-order valence-corrected chi connectivity index (χ1v) is 5.70. The van der Waals surface area contributed by atoms with Gasteiger partial charge in [0, 0.05) is 37.6 Å². The Morgan fingerprint density at radius 2 is 2.26 bits per heavy atom. The number of imidazole rings is 1. The molecule has 0 radical (unpaired) electrons. The van der Waals surface area contributed by atoms with Gasteiger partial charge in [-0.15, -0.1) is 0 Å². The molecule has 0 spiro atoms. The third kappa shape index (κ3) is 3.66. The molecule has 1 amide bonds. The summed E-state index contributed by atoms with van der Waals surface area (Å²) < 4.78 is 1.13. The van der Waals surface area contributed by atoms with Crippen molar-refractivity contribution in [3.8, 4) is 0 Å². The number of hydrogen-bond donors (Lipinski definition) is 3. The van der Waals surface area contributed by atoms with Crippen molar-refractivity contribution in [3.63, 3.8) is 0 Å². The molecule has 0 bridgehead atoms. The maximum atomic E-state index is 11.6. The molecule has 0 fully saturated rings. The van der Waals surface area contributed by atoms with Gasteiger partial charge in [0.25, 0.3) is 5.56 Å². The number of carbonyl (C=O) groups excluding carboxylic acids is 1. The molecule has 0 saturated carbocycles. The molecule has 2 aromatic rings. The highest BCUT2D eigenvalue weighted by Crippen LogP contribution is 1.88. The van der Waals surface area contributed by atoms with Crippen LogP contribution < -0.4 is 16.6 Å². The fourth-order valence-electron chi connectivity index (χ4n) is 1.53. The van der Waals surface area contributed by atoms with Crippen molar-refractivity contribution < 1.29 is 4.79 Å². The summed E-state index contributed by atoms with van der Waals surface area (Å²) in [7, 11) is 0. The van der Waals surface area contributed by atoms with E-state index in [1.54, 1.807) is 12.4 Å². The van der Waals surface area contributed by atoms with Gasteiger partial charge in [-0.3, -0.25) is 19.1 Å². The van der Waals surface area contributed by atoms with E-state index in [9.17, 15) is 14.4 Å². The van der Waals surface area contributed by atoms with Crippen molar-refractivity contribution in [2.45, 2.75) is 13.0 Å². The van der Waals surface area contributed by atoms with Crippen LogP contribution in [0.4, 0.5) is 0 Å². The largest absolute Gasteiger partial charge is 0.354 e. The Morgan fingerprint density at radius 1 is 1.42 bits per heavy atom. The molecule has 0 unspecified atom stereocenters. The second-order valence-corrected chi connectivity index (χ2v) is 3.87.